The van der Waals surface area contributed by atoms with Gasteiger partial charge < -0.3 is 10.2 Å². The molecule has 1 saturated heterocycles. The number of allylic oxidation sites excluding steroid dienone is 1. The quantitative estimate of drug-likeness (QED) is 0.0879. The number of aromatic nitrogens is 3. The first-order chi connectivity index (χ1) is 29.0. The second kappa shape index (κ2) is 17.5. The van der Waals surface area contributed by atoms with Gasteiger partial charge in [0.15, 0.2) is 5.82 Å². The van der Waals surface area contributed by atoms with Crippen LogP contribution < -0.4 is 5.32 Å². The molecule has 13 heteroatoms. The van der Waals surface area contributed by atoms with Crippen molar-refractivity contribution in [3.05, 3.63) is 146 Å². The molecule has 2 atom stereocenters. The fraction of sp³-hybridized carbons (Fsp3) is 0.340. The number of halogens is 1. The third-order valence-corrected chi connectivity index (χ3v) is 13.3. The highest BCUT2D eigenvalue weighted by Crippen LogP contribution is 2.40. The van der Waals surface area contributed by atoms with Crippen molar-refractivity contribution in [1.82, 2.24) is 29.9 Å². The molecule has 3 aliphatic rings. The number of amides is 4. The lowest BCUT2D eigenvalue weighted by atomic mass is 9.99. The van der Waals surface area contributed by atoms with Gasteiger partial charge in [-0.15, -0.1) is 21.5 Å². The van der Waals surface area contributed by atoms with Crippen molar-refractivity contribution < 1.29 is 19.2 Å². The number of hydrogen-bond acceptors (Lipinski definition) is 8. The van der Waals surface area contributed by atoms with Crippen LogP contribution in [0.3, 0.4) is 0 Å². The van der Waals surface area contributed by atoms with E-state index in [0.717, 1.165) is 87.8 Å². The second-order valence-corrected chi connectivity index (χ2v) is 17.5. The topological polar surface area (TPSA) is 130 Å². The third kappa shape index (κ3) is 8.10. The normalized spacial score (nSPS) is 17.4. The van der Waals surface area contributed by atoms with E-state index >= 15 is 0 Å². The number of thiophene rings is 1. The number of fused-ring (bicyclic) bond motifs is 4. The minimum Gasteiger partial charge on any atom is -0.356 e. The van der Waals surface area contributed by atoms with Gasteiger partial charge in [0.1, 0.15) is 22.9 Å². The molecular weight excluding hydrogens is 794 g/mol. The number of imide groups is 1. The van der Waals surface area contributed by atoms with E-state index in [0.29, 0.717) is 53.6 Å². The van der Waals surface area contributed by atoms with E-state index in [4.69, 9.17) is 16.6 Å². The molecule has 0 spiro atoms. The molecule has 1 N–H and O–H groups in total. The van der Waals surface area contributed by atoms with Crippen molar-refractivity contribution in [3.63, 3.8) is 0 Å². The van der Waals surface area contributed by atoms with E-state index in [1.54, 1.807) is 22.3 Å². The molecule has 1 fully saturated rings. The Kier molecular flexibility index (Phi) is 12.0. The molecule has 8 rings (SSSR count). The number of piperidine rings is 1. The maximum Gasteiger partial charge on any atom is 0.262 e. The average molecular weight is 842 g/mol. The van der Waals surface area contributed by atoms with Crippen LogP contribution in [0.15, 0.2) is 90.1 Å². The van der Waals surface area contributed by atoms with E-state index in [1.807, 2.05) is 73.7 Å². The lowest BCUT2D eigenvalue weighted by Crippen LogP contribution is -2.53. The molecule has 5 aromatic rings. The molecule has 0 radical (unpaired) electrons. The smallest absolute Gasteiger partial charge is 0.262 e. The Labute approximate surface area is 359 Å². The van der Waals surface area contributed by atoms with Gasteiger partial charge in [-0.3, -0.25) is 33.6 Å². The number of hydrogen-bond donors (Lipinski definition) is 1. The van der Waals surface area contributed by atoms with Gasteiger partial charge in [0.25, 0.3) is 11.8 Å². The monoisotopic (exact) mass is 841 g/mol. The summed E-state index contributed by atoms with van der Waals surface area (Å²) in [7, 11) is 0. The first-order valence-corrected chi connectivity index (χ1v) is 21.9. The zero-order valence-corrected chi connectivity index (χ0v) is 35.7. The number of aryl methyl sites for hydroxylation is 3. The summed E-state index contributed by atoms with van der Waals surface area (Å²) < 4.78 is 2.05. The molecule has 0 saturated carbocycles. The number of nitrogens with one attached hydrogen (secondary N) is 1. The standard InChI is InChI=1S/C47H48ClN7O4S/c1-28-16-23-39(46(59)53(28)27-33-14-10-8-11-15-33)55-44(57)36-22-17-32(25-37(36)45(55)58)13-9-6-5-7-12-24-49-40(56)26-38-43-52-51-31(4)54(43)47-41(29(2)30(3)60-47)42(50-38)34-18-20-35(48)21-19-34/h8,10-11,14-15,17-22,25,38-39H,1,5-7,9,12-13,16,23-24,26-27H2,2-4H3,(H,49,56)/t38-,39?/m0/s1. The van der Waals surface area contributed by atoms with Crippen molar-refractivity contribution in [2.45, 2.75) is 97.2 Å². The molecular formula is C47H48ClN7O4S. The molecule has 0 aliphatic carbocycles. The molecule has 3 aliphatic heterocycles. The Morgan fingerprint density at radius 1 is 0.883 bits per heavy atom. The van der Waals surface area contributed by atoms with E-state index in [2.05, 4.69) is 40.5 Å². The van der Waals surface area contributed by atoms with E-state index < -0.39 is 23.9 Å². The molecule has 2 aromatic heterocycles. The number of likely N-dealkylation sites (tertiary alicyclic amines) is 1. The number of rotatable bonds is 14. The Hall–Kier alpha value is -5.72. The van der Waals surface area contributed by atoms with E-state index in [-0.39, 0.29) is 18.2 Å². The predicted molar refractivity (Wildman–Crippen MR) is 234 cm³/mol. The molecule has 3 aromatic carbocycles. The maximum atomic E-state index is 13.7. The summed E-state index contributed by atoms with van der Waals surface area (Å²) in [6, 6.07) is 21.4. The van der Waals surface area contributed by atoms with Gasteiger partial charge in [0.2, 0.25) is 11.8 Å². The van der Waals surface area contributed by atoms with Crippen LogP contribution in [-0.2, 0) is 22.6 Å². The molecule has 5 heterocycles. The van der Waals surface area contributed by atoms with Crippen LogP contribution in [-0.4, -0.2) is 66.5 Å². The van der Waals surface area contributed by atoms with Crippen LogP contribution in [0, 0.1) is 20.8 Å². The van der Waals surface area contributed by atoms with Crippen molar-refractivity contribution >= 4 is 52.3 Å². The van der Waals surface area contributed by atoms with Gasteiger partial charge >= 0.3 is 0 Å². The second-order valence-electron chi connectivity index (χ2n) is 15.9. The lowest BCUT2D eigenvalue weighted by molar-refractivity contribution is -0.136. The van der Waals surface area contributed by atoms with Crippen molar-refractivity contribution in [2.24, 2.45) is 4.99 Å². The van der Waals surface area contributed by atoms with Crippen LogP contribution in [0.1, 0.15) is 122 Å². The molecule has 0 bridgehead atoms. The summed E-state index contributed by atoms with van der Waals surface area (Å²) in [6.45, 7) is 11.1. The fourth-order valence-electron chi connectivity index (χ4n) is 8.43. The first kappa shape index (κ1) is 41.0. The average Bonchev–Trinajstić information content (AvgIpc) is 3.81. The van der Waals surface area contributed by atoms with Crippen LogP contribution >= 0.6 is 22.9 Å². The number of carbonyl (C=O) groups is 4. The van der Waals surface area contributed by atoms with Crippen LogP contribution in [0.4, 0.5) is 0 Å². The zero-order valence-electron chi connectivity index (χ0n) is 34.2. The largest absolute Gasteiger partial charge is 0.356 e. The van der Waals surface area contributed by atoms with Crippen LogP contribution in [0.2, 0.25) is 5.02 Å². The number of aliphatic imine (C=N–C) groups is 1. The van der Waals surface area contributed by atoms with Gasteiger partial charge in [-0.1, -0.05) is 86.0 Å². The Balaban J connectivity index is 0.813. The summed E-state index contributed by atoms with van der Waals surface area (Å²) >= 11 is 7.93. The zero-order chi connectivity index (χ0) is 42.1. The molecule has 1 unspecified atom stereocenters. The highest BCUT2D eigenvalue weighted by Gasteiger charge is 2.46. The van der Waals surface area contributed by atoms with Crippen molar-refractivity contribution in [1.29, 1.82) is 0 Å². The van der Waals surface area contributed by atoms with Crippen molar-refractivity contribution in [2.75, 3.05) is 6.54 Å². The van der Waals surface area contributed by atoms with Crippen molar-refractivity contribution in [3.8, 4) is 5.00 Å². The van der Waals surface area contributed by atoms with Gasteiger partial charge in [-0.25, -0.2) is 0 Å². The maximum absolute atomic E-state index is 13.7. The highest BCUT2D eigenvalue weighted by molar-refractivity contribution is 7.15. The summed E-state index contributed by atoms with van der Waals surface area (Å²) in [6.07, 6.45) is 6.54. The van der Waals surface area contributed by atoms with Gasteiger partial charge in [-0.2, -0.15) is 0 Å². The lowest BCUT2D eigenvalue weighted by Gasteiger charge is -2.37. The Morgan fingerprint density at radius 2 is 1.62 bits per heavy atom. The van der Waals surface area contributed by atoms with E-state index in [9.17, 15) is 19.2 Å². The molecule has 4 amide bonds. The van der Waals surface area contributed by atoms with Crippen LogP contribution in [0.5, 0.6) is 0 Å². The highest BCUT2D eigenvalue weighted by atomic mass is 35.5. The summed E-state index contributed by atoms with van der Waals surface area (Å²) in [4.78, 5) is 63.4. The SMILES string of the molecule is C=C1CCC(N2C(=O)c3ccc(CCCCCCCNC(=O)C[C@@H]4N=C(c5ccc(Cl)cc5)c5c(sc(C)c5C)-n5c(C)nnc54)cc3C2=O)C(=O)N1Cc1ccccc1. The van der Waals surface area contributed by atoms with Gasteiger partial charge in [0, 0.05) is 33.3 Å². The third-order valence-electron chi connectivity index (χ3n) is 11.8. The minimum atomic E-state index is -0.854. The number of nitrogens with zero attached hydrogens (tertiary/aromatic N) is 6. The van der Waals surface area contributed by atoms with Gasteiger partial charge in [-0.05, 0) is 93.8 Å². The molecule has 308 valence electrons. The predicted octanol–water partition coefficient (Wildman–Crippen LogP) is 8.80. The first-order valence-electron chi connectivity index (χ1n) is 20.7. The number of benzene rings is 3. The minimum absolute atomic E-state index is 0.0874. The fourth-order valence-corrected chi connectivity index (χ4v) is 9.77. The summed E-state index contributed by atoms with van der Waals surface area (Å²) in [5, 5.41) is 13.7. The Bertz CT molecular complexity index is 2530. The van der Waals surface area contributed by atoms with Crippen LogP contribution in [0.25, 0.3) is 5.00 Å². The summed E-state index contributed by atoms with van der Waals surface area (Å²) in [5.74, 6) is 0.228. The molecule has 60 heavy (non-hydrogen) atoms. The van der Waals surface area contributed by atoms with E-state index in [1.165, 1.54) is 4.88 Å². The Morgan fingerprint density at radius 3 is 2.40 bits per heavy atom. The number of carbonyl (C=O) groups excluding carboxylic acids is 4. The number of unbranched alkanes of at least 4 members (excludes halogenated alkanes) is 4. The molecule has 11 nitrogen and oxygen atoms in total. The van der Waals surface area contributed by atoms with Gasteiger partial charge in [0.05, 0.1) is 29.8 Å². The summed E-state index contributed by atoms with van der Waals surface area (Å²) in [5.41, 5.74) is 7.29.